The first kappa shape index (κ1) is 13.1. The number of phenols is 1. The molecule has 0 heterocycles. The van der Waals surface area contributed by atoms with Gasteiger partial charge in [0.25, 0.3) is 0 Å². The molecule has 2 aromatic rings. The maximum absolute atomic E-state index is 8.63. The Hall–Kier alpha value is -1.96. The number of ether oxygens (including phenoxy) is 1. The summed E-state index contributed by atoms with van der Waals surface area (Å²) in [5, 5.41) is 8.63. The number of rotatable bonds is 2. The van der Waals surface area contributed by atoms with E-state index in [-0.39, 0.29) is 6.10 Å². The Balaban J connectivity index is 0.000000181. The summed E-state index contributed by atoms with van der Waals surface area (Å²) >= 11 is 0. The van der Waals surface area contributed by atoms with Gasteiger partial charge < -0.3 is 9.84 Å². The number of para-hydroxylation sites is 2. The summed E-state index contributed by atoms with van der Waals surface area (Å²) in [4.78, 5) is 0. The van der Waals surface area contributed by atoms with Crippen LogP contribution in [0.2, 0.25) is 0 Å². The van der Waals surface area contributed by atoms with Gasteiger partial charge in [-0.25, -0.2) is 0 Å². The molecule has 2 rings (SSSR count). The lowest BCUT2D eigenvalue weighted by molar-refractivity contribution is 0.242. The summed E-state index contributed by atoms with van der Waals surface area (Å²) in [7, 11) is 0. The second-order valence-electron chi connectivity index (χ2n) is 3.82. The van der Waals surface area contributed by atoms with Crippen LogP contribution in [0, 0.1) is 0 Å². The molecule has 0 aliphatic heterocycles. The Morgan fingerprint density at radius 2 is 1.29 bits per heavy atom. The molecule has 0 saturated carbocycles. The van der Waals surface area contributed by atoms with Crippen molar-refractivity contribution in [2.75, 3.05) is 0 Å². The number of aromatic hydroxyl groups is 1. The van der Waals surface area contributed by atoms with Crippen LogP contribution in [0.4, 0.5) is 0 Å². The lowest BCUT2D eigenvalue weighted by Gasteiger charge is -2.07. The van der Waals surface area contributed by atoms with Crippen molar-refractivity contribution in [1.29, 1.82) is 0 Å². The maximum atomic E-state index is 8.63. The lowest BCUT2D eigenvalue weighted by Crippen LogP contribution is -2.04. The summed E-state index contributed by atoms with van der Waals surface area (Å²) < 4.78 is 5.41. The minimum absolute atomic E-state index is 0.266. The van der Waals surface area contributed by atoms with E-state index in [1.807, 2.05) is 50.2 Å². The van der Waals surface area contributed by atoms with Crippen molar-refractivity contribution in [3.8, 4) is 11.5 Å². The highest BCUT2D eigenvalue weighted by atomic mass is 16.5. The van der Waals surface area contributed by atoms with Crippen molar-refractivity contribution in [3.63, 3.8) is 0 Å². The van der Waals surface area contributed by atoms with E-state index < -0.39 is 0 Å². The summed E-state index contributed by atoms with van der Waals surface area (Å²) in [6, 6.07) is 18.5. The number of hydrogen-bond donors (Lipinski definition) is 1. The van der Waals surface area contributed by atoms with E-state index in [1.54, 1.807) is 24.3 Å². The fraction of sp³-hybridized carbons (Fsp3) is 0.200. The molecule has 90 valence electrons. The van der Waals surface area contributed by atoms with Crippen LogP contribution >= 0.6 is 0 Å². The first-order valence-electron chi connectivity index (χ1n) is 5.64. The van der Waals surface area contributed by atoms with E-state index in [0.29, 0.717) is 5.75 Å². The van der Waals surface area contributed by atoms with Crippen molar-refractivity contribution in [1.82, 2.24) is 0 Å². The number of hydrogen-bond acceptors (Lipinski definition) is 2. The molecule has 2 heteroatoms. The second kappa shape index (κ2) is 7.34. The fourth-order valence-electron chi connectivity index (χ4n) is 1.20. The average Bonchev–Trinajstić information content (AvgIpc) is 2.31. The van der Waals surface area contributed by atoms with Crippen LogP contribution in [0.25, 0.3) is 0 Å². The second-order valence-corrected chi connectivity index (χ2v) is 3.82. The van der Waals surface area contributed by atoms with Crippen molar-refractivity contribution in [3.05, 3.63) is 60.7 Å². The molecule has 0 radical (unpaired) electrons. The van der Waals surface area contributed by atoms with Crippen LogP contribution in [0.5, 0.6) is 11.5 Å². The van der Waals surface area contributed by atoms with Crippen LogP contribution in [-0.2, 0) is 0 Å². The monoisotopic (exact) mass is 230 g/mol. The topological polar surface area (TPSA) is 29.5 Å². The number of phenolic OH excluding ortho intramolecular Hbond substituents is 1. The van der Waals surface area contributed by atoms with Gasteiger partial charge in [0.1, 0.15) is 11.5 Å². The summed E-state index contributed by atoms with van der Waals surface area (Å²) in [5.41, 5.74) is 0. The van der Waals surface area contributed by atoms with E-state index in [9.17, 15) is 0 Å². The SMILES string of the molecule is CC(C)Oc1ccccc1.Oc1ccccc1. The summed E-state index contributed by atoms with van der Waals surface area (Å²) in [6.45, 7) is 4.04. The Kier molecular flexibility index (Phi) is 5.66. The lowest BCUT2D eigenvalue weighted by atomic mass is 10.3. The standard InChI is InChI=1S/C9H12O.C6H6O/c1-8(2)10-9-6-4-3-5-7-9;7-6-4-2-1-3-5-6/h3-8H,1-2H3;1-5,7H. The van der Waals surface area contributed by atoms with Gasteiger partial charge in [0, 0.05) is 0 Å². The fourth-order valence-corrected chi connectivity index (χ4v) is 1.20. The van der Waals surface area contributed by atoms with Gasteiger partial charge in [0.15, 0.2) is 0 Å². The van der Waals surface area contributed by atoms with Gasteiger partial charge in [0.05, 0.1) is 6.10 Å². The van der Waals surface area contributed by atoms with Crippen molar-refractivity contribution < 1.29 is 9.84 Å². The van der Waals surface area contributed by atoms with Crippen molar-refractivity contribution in [2.45, 2.75) is 20.0 Å². The molecular formula is C15H18O2. The van der Waals surface area contributed by atoms with Crippen LogP contribution in [0.3, 0.4) is 0 Å². The molecule has 2 aromatic carbocycles. The van der Waals surface area contributed by atoms with Gasteiger partial charge in [-0.1, -0.05) is 36.4 Å². The van der Waals surface area contributed by atoms with Gasteiger partial charge in [-0.3, -0.25) is 0 Å². The zero-order chi connectivity index (χ0) is 12.5. The molecule has 17 heavy (non-hydrogen) atoms. The Labute approximate surface area is 102 Å². The minimum Gasteiger partial charge on any atom is -0.508 e. The quantitative estimate of drug-likeness (QED) is 0.848. The smallest absolute Gasteiger partial charge is 0.119 e. The van der Waals surface area contributed by atoms with E-state index >= 15 is 0 Å². The Morgan fingerprint density at radius 1 is 0.824 bits per heavy atom. The average molecular weight is 230 g/mol. The molecule has 0 fully saturated rings. The van der Waals surface area contributed by atoms with E-state index in [4.69, 9.17) is 9.84 Å². The third-order valence-electron chi connectivity index (χ3n) is 1.87. The largest absolute Gasteiger partial charge is 0.508 e. The van der Waals surface area contributed by atoms with E-state index in [2.05, 4.69) is 0 Å². The Morgan fingerprint density at radius 3 is 1.65 bits per heavy atom. The summed E-state index contributed by atoms with van der Waals surface area (Å²) in [6.07, 6.45) is 0.266. The van der Waals surface area contributed by atoms with Crippen molar-refractivity contribution >= 4 is 0 Å². The minimum atomic E-state index is 0.266. The molecule has 0 unspecified atom stereocenters. The van der Waals surface area contributed by atoms with Crippen LogP contribution in [0.1, 0.15) is 13.8 Å². The molecule has 0 amide bonds. The maximum Gasteiger partial charge on any atom is 0.119 e. The van der Waals surface area contributed by atoms with Crippen LogP contribution < -0.4 is 4.74 Å². The molecule has 0 atom stereocenters. The molecule has 0 saturated heterocycles. The van der Waals surface area contributed by atoms with E-state index in [0.717, 1.165) is 5.75 Å². The van der Waals surface area contributed by atoms with Gasteiger partial charge in [0.2, 0.25) is 0 Å². The molecule has 1 N–H and O–H groups in total. The Bertz CT molecular complexity index is 396. The van der Waals surface area contributed by atoms with Gasteiger partial charge in [-0.05, 0) is 38.1 Å². The molecule has 2 nitrogen and oxygen atoms in total. The van der Waals surface area contributed by atoms with Crippen LogP contribution in [-0.4, -0.2) is 11.2 Å². The highest BCUT2D eigenvalue weighted by Gasteiger charge is 1.92. The molecular weight excluding hydrogens is 212 g/mol. The third kappa shape index (κ3) is 6.25. The zero-order valence-electron chi connectivity index (χ0n) is 10.2. The predicted molar refractivity (Wildman–Crippen MR) is 70.3 cm³/mol. The summed E-state index contributed by atoms with van der Waals surface area (Å²) in [5.74, 6) is 1.26. The highest BCUT2D eigenvalue weighted by Crippen LogP contribution is 2.09. The molecule has 0 aliphatic carbocycles. The zero-order valence-corrected chi connectivity index (χ0v) is 10.2. The highest BCUT2D eigenvalue weighted by molar-refractivity contribution is 5.21. The molecule has 0 aliphatic rings. The first-order valence-corrected chi connectivity index (χ1v) is 5.64. The van der Waals surface area contributed by atoms with Crippen LogP contribution in [0.15, 0.2) is 60.7 Å². The molecule has 0 spiro atoms. The first-order chi connectivity index (χ1) is 8.18. The molecule has 0 bridgehead atoms. The van der Waals surface area contributed by atoms with Gasteiger partial charge in [-0.2, -0.15) is 0 Å². The van der Waals surface area contributed by atoms with Gasteiger partial charge in [-0.15, -0.1) is 0 Å². The number of benzene rings is 2. The van der Waals surface area contributed by atoms with Crippen molar-refractivity contribution in [2.24, 2.45) is 0 Å². The predicted octanol–water partition coefficient (Wildman–Crippen LogP) is 3.87. The van der Waals surface area contributed by atoms with E-state index in [1.165, 1.54) is 0 Å². The normalized spacial score (nSPS) is 9.35. The molecule has 0 aromatic heterocycles. The third-order valence-corrected chi connectivity index (χ3v) is 1.87. The van der Waals surface area contributed by atoms with Gasteiger partial charge >= 0.3 is 0 Å².